The van der Waals surface area contributed by atoms with E-state index >= 15 is 0 Å². The summed E-state index contributed by atoms with van der Waals surface area (Å²) in [4.78, 5) is 12.8. The second-order valence-electron chi connectivity index (χ2n) is 5.24. The number of rotatable bonds is 3. The smallest absolute Gasteiger partial charge is 0.392 e. The predicted octanol–water partition coefficient (Wildman–Crippen LogP) is 1.30. The molecule has 0 spiro atoms. The van der Waals surface area contributed by atoms with Crippen LogP contribution in [0.4, 0.5) is 13.2 Å². The lowest BCUT2D eigenvalue weighted by molar-refractivity contribution is -0.175. The lowest BCUT2D eigenvalue weighted by Gasteiger charge is -2.36. The standard InChI is InChI=1S/C14H17F3N2O2/c15-14(16,17)13(21)18-11-6-12(20)9-19(8-11)7-10-4-2-1-3-5-10/h1-5,11-12,20H,6-9H2,(H,18,21)/t11-,12+/m0/s1. The van der Waals surface area contributed by atoms with Crippen LogP contribution in [-0.2, 0) is 11.3 Å². The van der Waals surface area contributed by atoms with Crippen LogP contribution in [0.1, 0.15) is 12.0 Å². The number of hydrogen-bond acceptors (Lipinski definition) is 3. The minimum absolute atomic E-state index is 0.132. The number of carbonyl (C=O) groups excluding carboxylic acids is 1. The van der Waals surface area contributed by atoms with Gasteiger partial charge in [0.05, 0.1) is 6.10 Å². The molecule has 1 aromatic rings. The summed E-state index contributed by atoms with van der Waals surface area (Å²) >= 11 is 0. The molecule has 1 aliphatic heterocycles. The molecule has 2 atom stereocenters. The molecule has 1 heterocycles. The summed E-state index contributed by atoms with van der Waals surface area (Å²) in [6, 6.07) is 8.73. The van der Waals surface area contributed by atoms with E-state index in [-0.39, 0.29) is 13.0 Å². The fourth-order valence-corrected chi connectivity index (χ4v) is 2.50. The molecule has 1 aromatic carbocycles. The number of hydrogen-bond donors (Lipinski definition) is 2. The number of aliphatic hydroxyl groups is 1. The molecule has 0 bridgehead atoms. The number of benzene rings is 1. The van der Waals surface area contributed by atoms with Gasteiger partial charge in [-0.3, -0.25) is 9.69 Å². The van der Waals surface area contributed by atoms with Crippen LogP contribution >= 0.6 is 0 Å². The lowest BCUT2D eigenvalue weighted by atomic mass is 10.0. The molecule has 1 amide bonds. The first-order valence-electron chi connectivity index (χ1n) is 6.66. The molecular formula is C14H17F3N2O2. The Bertz CT molecular complexity index is 479. The normalized spacial score (nSPS) is 23.8. The van der Waals surface area contributed by atoms with Gasteiger partial charge in [-0.1, -0.05) is 30.3 Å². The quantitative estimate of drug-likeness (QED) is 0.885. The van der Waals surface area contributed by atoms with E-state index in [0.717, 1.165) is 5.56 Å². The van der Waals surface area contributed by atoms with Crippen LogP contribution in [0.15, 0.2) is 30.3 Å². The van der Waals surface area contributed by atoms with Gasteiger partial charge in [-0.05, 0) is 12.0 Å². The summed E-state index contributed by atoms with van der Waals surface area (Å²) in [6.07, 6.45) is -5.51. The van der Waals surface area contributed by atoms with Crippen molar-refractivity contribution in [2.45, 2.75) is 31.3 Å². The summed E-state index contributed by atoms with van der Waals surface area (Å²) in [6.45, 7) is 1.19. The fraction of sp³-hybridized carbons (Fsp3) is 0.500. The number of β-amino-alcohol motifs (C(OH)–C–C–N with tert-alkyl or cyclic N) is 1. The van der Waals surface area contributed by atoms with Gasteiger partial charge in [0, 0.05) is 25.7 Å². The fourth-order valence-electron chi connectivity index (χ4n) is 2.50. The average molecular weight is 302 g/mol. The number of nitrogens with one attached hydrogen (secondary N) is 1. The van der Waals surface area contributed by atoms with Crippen molar-refractivity contribution >= 4 is 5.91 Å². The van der Waals surface area contributed by atoms with E-state index in [1.165, 1.54) is 0 Å². The van der Waals surface area contributed by atoms with E-state index in [4.69, 9.17) is 0 Å². The molecule has 1 fully saturated rings. The van der Waals surface area contributed by atoms with Crippen molar-refractivity contribution < 1.29 is 23.1 Å². The van der Waals surface area contributed by atoms with E-state index in [1.807, 2.05) is 40.5 Å². The van der Waals surface area contributed by atoms with Gasteiger partial charge in [-0.25, -0.2) is 0 Å². The topological polar surface area (TPSA) is 52.6 Å². The first-order chi connectivity index (χ1) is 9.84. The zero-order chi connectivity index (χ0) is 15.5. The van der Waals surface area contributed by atoms with Gasteiger partial charge in [0.2, 0.25) is 0 Å². The van der Waals surface area contributed by atoms with Crippen molar-refractivity contribution in [3.63, 3.8) is 0 Å². The van der Waals surface area contributed by atoms with Gasteiger partial charge >= 0.3 is 12.1 Å². The Hall–Kier alpha value is -1.60. The number of piperidine rings is 1. The molecule has 4 nitrogen and oxygen atoms in total. The Kier molecular flexibility index (Phi) is 4.84. The highest BCUT2D eigenvalue weighted by atomic mass is 19.4. The van der Waals surface area contributed by atoms with Gasteiger partial charge in [0.1, 0.15) is 0 Å². The number of alkyl halides is 3. The van der Waals surface area contributed by atoms with Gasteiger partial charge in [-0.2, -0.15) is 13.2 Å². The van der Waals surface area contributed by atoms with Crippen molar-refractivity contribution in [3.8, 4) is 0 Å². The summed E-state index contributed by atoms with van der Waals surface area (Å²) in [5.41, 5.74) is 1.01. The van der Waals surface area contributed by atoms with Crippen LogP contribution in [0.2, 0.25) is 0 Å². The Morgan fingerprint density at radius 2 is 1.95 bits per heavy atom. The first kappa shape index (κ1) is 15.8. The molecule has 0 saturated carbocycles. The molecule has 2 N–H and O–H groups in total. The van der Waals surface area contributed by atoms with E-state index in [9.17, 15) is 23.1 Å². The van der Waals surface area contributed by atoms with Crippen LogP contribution in [0.25, 0.3) is 0 Å². The minimum Gasteiger partial charge on any atom is -0.392 e. The number of likely N-dealkylation sites (tertiary alicyclic amines) is 1. The van der Waals surface area contributed by atoms with Crippen LogP contribution in [0.5, 0.6) is 0 Å². The highest BCUT2D eigenvalue weighted by molar-refractivity contribution is 5.81. The van der Waals surface area contributed by atoms with Gasteiger partial charge in [0.15, 0.2) is 0 Å². The van der Waals surface area contributed by atoms with Crippen molar-refractivity contribution in [1.29, 1.82) is 0 Å². The third-order valence-corrected chi connectivity index (χ3v) is 3.35. The Morgan fingerprint density at radius 1 is 1.29 bits per heavy atom. The number of halogens is 3. The maximum absolute atomic E-state index is 12.3. The second kappa shape index (κ2) is 6.44. The zero-order valence-corrected chi connectivity index (χ0v) is 11.3. The molecule has 116 valence electrons. The van der Waals surface area contributed by atoms with Gasteiger partial charge < -0.3 is 10.4 Å². The SMILES string of the molecule is O=C(N[C@H]1C[C@@H](O)CN(Cc2ccccc2)C1)C(F)(F)F. The molecule has 0 radical (unpaired) electrons. The van der Waals surface area contributed by atoms with Crippen molar-refractivity contribution in [3.05, 3.63) is 35.9 Å². The zero-order valence-electron chi connectivity index (χ0n) is 11.3. The van der Waals surface area contributed by atoms with Crippen molar-refractivity contribution in [1.82, 2.24) is 10.2 Å². The largest absolute Gasteiger partial charge is 0.471 e. The molecule has 1 aliphatic rings. The summed E-state index contributed by atoms with van der Waals surface area (Å²) in [5, 5.41) is 11.7. The second-order valence-corrected chi connectivity index (χ2v) is 5.24. The molecule has 2 rings (SSSR count). The van der Waals surface area contributed by atoms with E-state index < -0.39 is 24.2 Å². The molecule has 21 heavy (non-hydrogen) atoms. The first-order valence-corrected chi connectivity index (χ1v) is 6.66. The molecular weight excluding hydrogens is 285 g/mol. The molecule has 1 saturated heterocycles. The lowest BCUT2D eigenvalue weighted by Crippen LogP contribution is -2.54. The predicted molar refractivity (Wildman–Crippen MR) is 70.3 cm³/mol. The maximum Gasteiger partial charge on any atom is 0.471 e. The number of amides is 1. The molecule has 0 unspecified atom stereocenters. The number of carbonyl (C=O) groups is 1. The van der Waals surface area contributed by atoms with Crippen LogP contribution < -0.4 is 5.32 Å². The van der Waals surface area contributed by atoms with Crippen LogP contribution in [-0.4, -0.2) is 47.3 Å². The molecule has 0 aromatic heterocycles. The van der Waals surface area contributed by atoms with E-state index in [1.54, 1.807) is 0 Å². The third kappa shape index (κ3) is 4.71. The van der Waals surface area contributed by atoms with Crippen LogP contribution in [0, 0.1) is 0 Å². The highest BCUT2D eigenvalue weighted by Crippen LogP contribution is 2.18. The third-order valence-electron chi connectivity index (χ3n) is 3.35. The van der Waals surface area contributed by atoms with Gasteiger partial charge in [0.25, 0.3) is 0 Å². The maximum atomic E-state index is 12.3. The Morgan fingerprint density at radius 3 is 2.57 bits per heavy atom. The Balaban J connectivity index is 1.94. The van der Waals surface area contributed by atoms with Crippen LogP contribution in [0.3, 0.4) is 0 Å². The van der Waals surface area contributed by atoms with Gasteiger partial charge in [-0.15, -0.1) is 0 Å². The Labute approximate surface area is 120 Å². The average Bonchev–Trinajstić information content (AvgIpc) is 2.38. The highest BCUT2D eigenvalue weighted by Gasteiger charge is 2.40. The number of aliphatic hydroxyl groups excluding tert-OH is 1. The summed E-state index contributed by atoms with van der Waals surface area (Å²) in [7, 11) is 0. The van der Waals surface area contributed by atoms with E-state index in [0.29, 0.717) is 13.1 Å². The summed E-state index contributed by atoms with van der Waals surface area (Å²) in [5.74, 6) is -1.96. The minimum atomic E-state index is -4.90. The van der Waals surface area contributed by atoms with Crippen molar-refractivity contribution in [2.24, 2.45) is 0 Å². The van der Waals surface area contributed by atoms with E-state index in [2.05, 4.69) is 0 Å². The molecule has 7 heteroatoms. The van der Waals surface area contributed by atoms with Crippen molar-refractivity contribution in [2.75, 3.05) is 13.1 Å². The monoisotopic (exact) mass is 302 g/mol. The number of nitrogens with zero attached hydrogens (tertiary/aromatic N) is 1. The summed E-state index contributed by atoms with van der Waals surface area (Å²) < 4.78 is 36.8. The molecule has 0 aliphatic carbocycles.